The first-order valence-electron chi connectivity index (χ1n) is 7.02. The maximum absolute atomic E-state index is 13.4. The maximum atomic E-state index is 13.4. The first kappa shape index (κ1) is 14.0. The van der Waals surface area contributed by atoms with E-state index in [0.29, 0.717) is 18.2 Å². The molecule has 0 saturated heterocycles. The molecule has 0 aliphatic heterocycles. The summed E-state index contributed by atoms with van der Waals surface area (Å²) < 4.78 is 32.1. The molecular formula is C17H17F2NO. The molecule has 0 spiro atoms. The predicted octanol–water partition coefficient (Wildman–Crippen LogP) is 3.89. The van der Waals surface area contributed by atoms with Gasteiger partial charge in [0, 0.05) is 18.7 Å². The lowest BCUT2D eigenvalue weighted by molar-refractivity contribution is 0.414. The number of nitrogens with one attached hydrogen (secondary N) is 1. The van der Waals surface area contributed by atoms with E-state index in [1.165, 1.54) is 25.0 Å². The van der Waals surface area contributed by atoms with Crippen molar-refractivity contribution in [3.63, 3.8) is 0 Å². The molecule has 0 bridgehead atoms. The van der Waals surface area contributed by atoms with E-state index in [9.17, 15) is 8.78 Å². The zero-order valence-electron chi connectivity index (χ0n) is 11.8. The fraction of sp³-hybridized carbons (Fsp3) is 0.294. The number of rotatable bonds is 5. The Bertz CT molecular complexity index is 633. The van der Waals surface area contributed by atoms with E-state index in [2.05, 4.69) is 5.32 Å². The molecular weight excluding hydrogens is 272 g/mol. The van der Waals surface area contributed by atoms with Gasteiger partial charge in [0.1, 0.15) is 17.4 Å². The molecule has 0 unspecified atom stereocenters. The van der Waals surface area contributed by atoms with E-state index in [-0.39, 0.29) is 0 Å². The third kappa shape index (κ3) is 3.39. The molecule has 1 aliphatic carbocycles. The SMILES string of the molecule is COc1ccc(-c2cc(F)cc(F)c2)c(CNC2CC2)c1. The average molecular weight is 289 g/mol. The van der Waals surface area contributed by atoms with Crippen molar-refractivity contribution in [1.82, 2.24) is 5.32 Å². The lowest BCUT2D eigenvalue weighted by Gasteiger charge is -2.13. The van der Waals surface area contributed by atoms with Crippen molar-refractivity contribution in [3.05, 3.63) is 53.6 Å². The lowest BCUT2D eigenvalue weighted by Crippen LogP contribution is -2.16. The molecule has 1 aliphatic rings. The number of halogens is 2. The fourth-order valence-corrected chi connectivity index (χ4v) is 2.38. The molecule has 1 fully saturated rings. The van der Waals surface area contributed by atoms with E-state index in [1.807, 2.05) is 12.1 Å². The monoisotopic (exact) mass is 289 g/mol. The number of ether oxygens (including phenoxy) is 1. The Morgan fingerprint density at radius 1 is 1.10 bits per heavy atom. The van der Waals surface area contributed by atoms with Crippen LogP contribution in [-0.2, 0) is 6.54 Å². The third-order valence-corrected chi connectivity index (χ3v) is 3.64. The van der Waals surface area contributed by atoms with Crippen LogP contribution in [0.25, 0.3) is 11.1 Å². The van der Waals surface area contributed by atoms with Crippen LogP contribution in [-0.4, -0.2) is 13.2 Å². The normalized spacial score (nSPS) is 14.2. The Labute approximate surface area is 122 Å². The Hall–Kier alpha value is -1.94. The van der Waals surface area contributed by atoms with Gasteiger partial charge in [0.25, 0.3) is 0 Å². The second-order valence-electron chi connectivity index (χ2n) is 5.34. The molecule has 0 radical (unpaired) electrons. The van der Waals surface area contributed by atoms with Crippen LogP contribution in [0.3, 0.4) is 0 Å². The molecule has 110 valence electrons. The van der Waals surface area contributed by atoms with Gasteiger partial charge in [0.05, 0.1) is 7.11 Å². The second-order valence-corrected chi connectivity index (χ2v) is 5.34. The second kappa shape index (κ2) is 5.82. The van der Waals surface area contributed by atoms with Crippen LogP contribution in [0, 0.1) is 11.6 Å². The minimum absolute atomic E-state index is 0.544. The Morgan fingerprint density at radius 3 is 2.43 bits per heavy atom. The third-order valence-electron chi connectivity index (χ3n) is 3.64. The number of hydrogen-bond donors (Lipinski definition) is 1. The summed E-state index contributed by atoms with van der Waals surface area (Å²) in [5, 5.41) is 3.42. The van der Waals surface area contributed by atoms with Gasteiger partial charge in [0.2, 0.25) is 0 Å². The van der Waals surface area contributed by atoms with Crippen LogP contribution in [0.4, 0.5) is 8.78 Å². The lowest BCUT2D eigenvalue weighted by atomic mass is 9.99. The molecule has 0 atom stereocenters. The van der Waals surface area contributed by atoms with Gasteiger partial charge in [-0.2, -0.15) is 0 Å². The summed E-state index contributed by atoms with van der Waals surface area (Å²) in [7, 11) is 1.61. The van der Waals surface area contributed by atoms with Gasteiger partial charge in [-0.1, -0.05) is 6.07 Å². The Kier molecular flexibility index (Phi) is 3.88. The van der Waals surface area contributed by atoms with Crippen molar-refractivity contribution in [2.24, 2.45) is 0 Å². The predicted molar refractivity (Wildman–Crippen MR) is 78.2 cm³/mol. The highest BCUT2D eigenvalue weighted by molar-refractivity contribution is 5.68. The van der Waals surface area contributed by atoms with E-state index in [4.69, 9.17) is 4.74 Å². The van der Waals surface area contributed by atoms with Crippen LogP contribution >= 0.6 is 0 Å². The summed E-state index contributed by atoms with van der Waals surface area (Å²) in [6.45, 7) is 0.662. The van der Waals surface area contributed by atoms with Crippen molar-refractivity contribution in [3.8, 4) is 16.9 Å². The summed E-state index contributed by atoms with van der Waals surface area (Å²) in [6, 6.07) is 9.71. The van der Waals surface area contributed by atoms with E-state index in [1.54, 1.807) is 13.2 Å². The van der Waals surface area contributed by atoms with Crippen molar-refractivity contribution < 1.29 is 13.5 Å². The van der Waals surface area contributed by atoms with Gasteiger partial charge in [-0.15, -0.1) is 0 Å². The standard InChI is InChI=1S/C17H17F2NO/c1-21-16-4-5-17(11-6-13(18)9-14(19)7-11)12(8-16)10-20-15-2-3-15/h4-9,15,20H,2-3,10H2,1H3. The van der Waals surface area contributed by atoms with Gasteiger partial charge in [-0.3, -0.25) is 0 Å². The highest BCUT2D eigenvalue weighted by Gasteiger charge is 2.21. The minimum atomic E-state index is -0.568. The van der Waals surface area contributed by atoms with Crippen LogP contribution in [0.15, 0.2) is 36.4 Å². The van der Waals surface area contributed by atoms with Crippen molar-refractivity contribution in [2.45, 2.75) is 25.4 Å². The van der Waals surface area contributed by atoms with Crippen LogP contribution in [0.5, 0.6) is 5.75 Å². The molecule has 4 heteroatoms. The first-order valence-corrected chi connectivity index (χ1v) is 7.02. The molecule has 0 heterocycles. The summed E-state index contributed by atoms with van der Waals surface area (Å²) in [6.07, 6.45) is 2.38. The summed E-state index contributed by atoms with van der Waals surface area (Å²) in [5.74, 6) is -0.396. The number of benzene rings is 2. The molecule has 0 aromatic heterocycles. The van der Waals surface area contributed by atoms with Crippen LogP contribution < -0.4 is 10.1 Å². The average Bonchev–Trinajstić information content (AvgIpc) is 3.28. The molecule has 2 aromatic rings. The number of methoxy groups -OCH3 is 1. The van der Waals surface area contributed by atoms with Crippen LogP contribution in [0.1, 0.15) is 18.4 Å². The molecule has 3 rings (SSSR count). The van der Waals surface area contributed by atoms with Crippen molar-refractivity contribution >= 4 is 0 Å². The minimum Gasteiger partial charge on any atom is -0.497 e. The zero-order valence-corrected chi connectivity index (χ0v) is 11.8. The summed E-state index contributed by atoms with van der Waals surface area (Å²) >= 11 is 0. The highest BCUT2D eigenvalue weighted by Crippen LogP contribution is 2.29. The van der Waals surface area contributed by atoms with Crippen molar-refractivity contribution in [1.29, 1.82) is 0 Å². The molecule has 21 heavy (non-hydrogen) atoms. The zero-order chi connectivity index (χ0) is 14.8. The van der Waals surface area contributed by atoms with E-state index < -0.39 is 11.6 Å². The summed E-state index contributed by atoms with van der Waals surface area (Å²) in [4.78, 5) is 0. The van der Waals surface area contributed by atoms with Gasteiger partial charge in [0.15, 0.2) is 0 Å². The van der Waals surface area contributed by atoms with Gasteiger partial charge in [-0.05, 0) is 53.8 Å². The largest absolute Gasteiger partial charge is 0.497 e. The van der Waals surface area contributed by atoms with Gasteiger partial charge < -0.3 is 10.1 Å². The van der Waals surface area contributed by atoms with Gasteiger partial charge >= 0.3 is 0 Å². The molecule has 0 amide bonds. The molecule has 2 nitrogen and oxygen atoms in total. The van der Waals surface area contributed by atoms with Gasteiger partial charge in [-0.25, -0.2) is 8.78 Å². The van der Waals surface area contributed by atoms with Crippen LogP contribution in [0.2, 0.25) is 0 Å². The topological polar surface area (TPSA) is 21.3 Å². The first-order chi connectivity index (χ1) is 10.2. The fourth-order valence-electron chi connectivity index (χ4n) is 2.38. The van der Waals surface area contributed by atoms with E-state index in [0.717, 1.165) is 22.9 Å². The molecule has 1 saturated carbocycles. The highest BCUT2D eigenvalue weighted by atomic mass is 19.1. The summed E-state index contributed by atoms with van der Waals surface area (Å²) in [5.41, 5.74) is 2.34. The molecule has 2 aromatic carbocycles. The van der Waals surface area contributed by atoms with E-state index >= 15 is 0 Å². The van der Waals surface area contributed by atoms with Crippen molar-refractivity contribution in [2.75, 3.05) is 7.11 Å². The number of hydrogen-bond acceptors (Lipinski definition) is 2. The Morgan fingerprint density at radius 2 is 1.81 bits per heavy atom. The quantitative estimate of drug-likeness (QED) is 0.901. The maximum Gasteiger partial charge on any atom is 0.126 e. The molecule has 1 N–H and O–H groups in total. The smallest absolute Gasteiger partial charge is 0.126 e. The Balaban J connectivity index is 1.98.